The summed E-state index contributed by atoms with van der Waals surface area (Å²) in [5.74, 6) is -4.13. The molecule has 4 atom stereocenters. The van der Waals surface area contributed by atoms with E-state index in [1.54, 1.807) is 18.3 Å². The minimum absolute atomic E-state index is 0.0174. The van der Waals surface area contributed by atoms with Crippen LogP contribution in [-0.4, -0.2) is 86.1 Å². The molecule has 0 aliphatic carbocycles. The number of para-hydroxylation sites is 1. The van der Waals surface area contributed by atoms with Crippen LogP contribution in [0.5, 0.6) is 5.75 Å². The highest BCUT2D eigenvalue weighted by atomic mass is 32.2. The van der Waals surface area contributed by atoms with Crippen LogP contribution in [0.15, 0.2) is 54.7 Å². The smallest absolute Gasteiger partial charge is 0.326 e. The summed E-state index contributed by atoms with van der Waals surface area (Å²) in [5, 5.41) is 36.6. The Kier molecular flexibility index (Phi) is 12.6. The first-order valence-electron chi connectivity index (χ1n) is 13.9. The van der Waals surface area contributed by atoms with Crippen molar-refractivity contribution in [3.05, 3.63) is 65.9 Å². The van der Waals surface area contributed by atoms with Crippen LogP contribution in [0.3, 0.4) is 0 Å². The molecule has 0 spiro atoms. The number of carboxylic acids is 2. The standard InChI is InChI=1S/C30H37N5O8S/c1-44-13-12-23(33-27(39)21(31)14-17-6-8-19(36)9-7-17)28(40)35-25(15-18-16-32-22-5-3-2-4-20(18)22)29(41)34-24(30(42)43)10-11-26(37)38/h2-9,16,21,23-25,32,36H,10-15,31H2,1H3,(H,33,39)(H,34,41)(H,35,40)(H,37,38)(H,42,43). The quantitative estimate of drug-likeness (QED) is 0.107. The number of rotatable bonds is 17. The molecule has 0 aliphatic heterocycles. The van der Waals surface area contributed by atoms with Gasteiger partial charge >= 0.3 is 11.9 Å². The van der Waals surface area contributed by atoms with Crippen molar-refractivity contribution in [2.45, 2.75) is 56.3 Å². The summed E-state index contributed by atoms with van der Waals surface area (Å²) < 4.78 is 0. The van der Waals surface area contributed by atoms with Crippen molar-refractivity contribution in [2.24, 2.45) is 5.73 Å². The van der Waals surface area contributed by atoms with E-state index in [1.807, 2.05) is 30.5 Å². The Balaban J connectivity index is 1.80. The second-order valence-electron chi connectivity index (χ2n) is 10.3. The highest BCUT2D eigenvalue weighted by Gasteiger charge is 2.31. The largest absolute Gasteiger partial charge is 0.508 e. The summed E-state index contributed by atoms with van der Waals surface area (Å²) in [6.45, 7) is 0. The van der Waals surface area contributed by atoms with Gasteiger partial charge in [-0.25, -0.2) is 4.79 Å². The third-order valence-corrected chi connectivity index (χ3v) is 7.61. The number of carbonyl (C=O) groups is 5. The molecule has 0 saturated heterocycles. The van der Waals surface area contributed by atoms with Gasteiger partial charge in [0.15, 0.2) is 0 Å². The molecular weight excluding hydrogens is 590 g/mol. The molecule has 4 unspecified atom stereocenters. The summed E-state index contributed by atoms with van der Waals surface area (Å²) >= 11 is 1.45. The fourth-order valence-corrected chi connectivity index (χ4v) is 5.03. The van der Waals surface area contributed by atoms with E-state index < -0.39 is 60.2 Å². The van der Waals surface area contributed by atoms with Crippen molar-refractivity contribution >= 4 is 52.3 Å². The lowest BCUT2D eigenvalue weighted by atomic mass is 10.0. The summed E-state index contributed by atoms with van der Waals surface area (Å²) in [6.07, 6.45) is 3.05. The van der Waals surface area contributed by atoms with Gasteiger partial charge in [-0.05, 0) is 60.6 Å². The van der Waals surface area contributed by atoms with Crippen molar-refractivity contribution in [3.8, 4) is 5.75 Å². The number of thioether (sulfide) groups is 1. The van der Waals surface area contributed by atoms with Crippen LogP contribution in [0.25, 0.3) is 10.9 Å². The number of carbonyl (C=O) groups excluding carboxylic acids is 3. The van der Waals surface area contributed by atoms with Crippen LogP contribution >= 0.6 is 11.8 Å². The van der Waals surface area contributed by atoms with Gasteiger partial charge < -0.3 is 42.0 Å². The lowest BCUT2D eigenvalue weighted by molar-refractivity contribution is -0.143. The number of aromatic nitrogens is 1. The summed E-state index contributed by atoms with van der Waals surface area (Å²) in [6, 6.07) is 8.74. The Labute approximate surface area is 258 Å². The van der Waals surface area contributed by atoms with E-state index >= 15 is 0 Å². The Morgan fingerprint density at radius 2 is 1.48 bits per heavy atom. The first kappa shape index (κ1) is 33.9. The third kappa shape index (κ3) is 10.0. The van der Waals surface area contributed by atoms with Crippen LogP contribution < -0.4 is 21.7 Å². The van der Waals surface area contributed by atoms with Crippen molar-refractivity contribution in [3.63, 3.8) is 0 Å². The lowest BCUT2D eigenvalue weighted by Crippen LogP contribution is -2.58. The maximum absolute atomic E-state index is 13.6. The third-order valence-electron chi connectivity index (χ3n) is 6.97. The minimum atomic E-state index is -1.49. The number of hydrogen-bond donors (Lipinski definition) is 8. The van der Waals surface area contributed by atoms with Gasteiger partial charge in [0.1, 0.15) is 23.9 Å². The number of phenolic OH excluding ortho intramolecular Hbond substituents is 1. The maximum atomic E-state index is 13.6. The van der Waals surface area contributed by atoms with Crippen molar-refractivity contribution in [2.75, 3.05) is 12.0 Å². The zero-order valence-electron chi connectivity index (χ0n) is 24.1. The van der Waals surface area contributed by atoms with Crippen LogP contribution in [0.2, 0.25) is 0 Å². The Morgan fingerprint density at radius 1 is 0.841 bits per heavy atom. The van der Waals surface area contributed by atoms with Crippen LogP contribution in [-0.2, 0) is 36.8 Å². The van der Waals surface area contributed by atoms with E-state index in [4.69, 9.17) is 10.8 Å². The number of nitrogens with two attached hydrogens (primary N) is 1. The highest BCUT2D eigenvalue weighted by Crippen LogP contribution is 2.20. The predicted octanol–water partition coefficient (Wildman–Crippen LogP) is 1.14. The number of aliphatic carboxylic acids is 2. The maximum Gasteiger partial charge on any atom is 0.326 e. The average Bonchev–Trinajstić information content (AvgIpc) is 3.40. The van der Waals surface area contributed by atoms with Gasteiger partial charge in [-0.15, -0.1) is 0 Å². The van der Waals surface area contributed by atoms with Gasteiger partial charge in [-0.3, -0.25) is 19.2 Å². The monoisotopic (exact) mass is 627 g/mol. The molecule has 0 radical (unpaired) electrons. The fraction of sp³-hybridized carbons (Fsp3) is 0.367. The molecule has 9 N–H and O–H groups in total. The first-order valence-corrected chi connectivity index (χ1v) is 15.3. The second kappa shape index (κ2) is 16.3. The van der Waals surface area contributed by atoms with Crippen LogP contribution in [0, 0.1) is 0 Å². The second-order valence-corrected chi connectivity index (χ2v) is 11.3. The number of fused-ring (bicyclic) bond motifs is 1. The number of H-pyrrole nitrogens is 1. The van der Waals surface area contributed by atoms with Gasteiger partial charge in [0.25, 0.3) is 0 Å². The molecule has 0 bridgehead atoms. The SMILES string of the molecule is CSCCC(NC(=O)C(N)Cc1ccc(O)cc1)C(=O)NC(Cc1c[nH]c2ccccc12)C(=O)NC(CCC(=O)O)C(=O)O. The summed E-state index contributed by atoms with van der Waals surface area (Å²) in [4.78, 5) is 65.9. The number of carboxylic acid groups (broad SMARTS) is 2. The number of nitrogens with one attached hydrogen (secondary N) is 4. The summed E-state index contributed by atoms with van der Waals surface area (Å²) in [7, 11) is 0. The molecular formula is C30H37N5O8S. The van der Waals surface area contributed by atoms with Crippen LogP contribution in [0.1, 0.15) is 30.4 Å². The number of aromatic amines is 1. The van der Waals surface area contributed by atoms with E-state index in [-0.39, 0.29) is 31.4 Å². The van der Waals surface area contributed by atoms with E-state index in [2.05, 4.69) is 20.9 Å². The first-order chi connectivity index (χ1) is 21.0. The number of hydrogen-bond acceptors (Lipinski definition) is 8. The van der Waals surface area contributed by atoms with Crippen LogP contribution in [0.4, 0.5) is 0 Å². The molecule has 1 aromatic heterocycles. The molecule has 13 nitrogen and oxygen atoms in total. The van der Waals surface area contributed by atoms with Gasteiger partial charge in [-0.2, -0.15) is 11.8 Å². The molecule has 3 aromatic rings. The zero-order chi connectivity index (χ0) is 32.2. The lowest BCUT2D eigenvalue weighted by Gasteiger charge is -2.25. The Hall–Kier alpha value is -4.56. The number of phenols is 1. The molecule has 2 aromatic carbocycles. The predicted molar refractivity (Wildman–Crippen MR) is 165 cm³/mol. The zero-order valence-corrected chi connectivity index (χ0v) is 24.9. The summed E-state index contributed by atoms with van der Waals surface area (Å²) in [5.41, 5.74) is 8.30. The normalized spacial score (nSPS) is 13.8. The molecule has 1 heterocycles. The number of aromatic hydroxyl groups is 1. The Morgan fingerprint density at radius 3 is 2.14 bits per heavy atom. The molecule has 236 valence electrons. The molecule has 14 heteroatoms. The topological polar surface area (TPSA) is 224 Å². The van der Waals surface area contributed by atoms with E-state index in [1.165, 1.54) is 23.9 Å². The molecule has 0 fully saturated rings. The number of benzene rings is 2. The van der Waals surface area contributed by atoms with Crippen molar-refractivity contribution < 1.29 is 39.3 Å². The number of amides is 3. The molecule has 44 heavy (non-hydrogen) atoms. The minimum Gasteiger partial charge on any atom is -0.508 e. The van der Waals surface area contributed by atoms with Gasteiger partial charge in [0.2, 0.25) is 17.7 Å². The molecule has 0 saturated carbocycles. The van der Waals surface area contributed by atoms with Crippen molar-refractivity contribution in [1.82, 2.24) is 20.9 Å². The van der Waals surface area contributed by atoms with Gasteiger partial charge in [-0.1, -0.05) is 30.3 Å². The highest BCUT2D eigenvalue weighted by molar-refractivity contribution is 7.98. The van der Waals surface area contributed by atoms with Gasteiger partial charge in [0, 0.05) is 29.9 Å². The average molecular weight is 628 g/mol. The molecule has 3 amide bonds. The van der Waals surface area contributed by atoms with E-state index in [0.717, 1.165) is 10.9 Å². The van der Waals surface area contributed by atoms with Gasteiger partial charge in [0.05, 0.1) is 6.04 Å². The van der Waals surface area contributed by atoms with E-state index in [9.17, 15) is 34.2 Å². The molecule has 0 aliphatic rings. The van der Waals surface area contributed by atoms with Crippen molar-refractivity contribution in [1.29, 1.82) is 0 Å². The Bertz CT molecular complexity index is 1460. The van der Waals surface area contributed by atoms with E-state index in [0.29, 0.717) is 16.9 Å². The molecule has 3 rings (SSSR count). The fourth-order valence-electron chi connectivity index (χ4n) is 4.56.